The Morgan fingerprint density at radius 2 is 1.85 bits per heavy atom. The number of ether oxygens (including phenoxy) is 1. The molecule has 0 N–H and O–H groups in total. The Balaban J connectivity index is 2.12. The minimum absolute atomic E-state index is 0.355. The van der Waals surface area contributed by atoms with E-state index in [1.54, 1.807) is 7.05 Å². The number of fused-ring (bicyclic) bond motifs is 1. The molecule has 3 aromatic rings. The van der Waals surface area contributed by atoms with E-state index in [2.05, 4.69) is 4.98 Å². The highest BCUT2D eigenvalue weighted by molar-refractivity contribution is 7.99. The van der Waals surface area contributed by atoms with Crippen LogP contribution in [0.5, 0.6) is 0 Å². The lowest BCUT2D eigenvalue weighted by molar-refractivity contribution is 0.164. The van der Waals surface area contributed by atoms with Crippen LogP contribution in [-0.2, 0) is 25.4 Å². The van der Waals surface area contributed by atoms with Crippen molar-refractivity contribution in [3.8, 4) is 0 Å². The molecule has 27 heavy (non-hydrogen) atoms. The van der Waals surface area contributed by atoms with Crippen molar-refractivity contribution in [3.63, 3.8) is 0 Å². The summed E-state index contributed by atoms with van der Waals surface area (Å²) in [6.07, 6.45) is 0. The summed E-state index contributed by atoms with van der Waals surface area (Å²) >= 11 is 7.48. The van der Waals surface area contributed by atoms with Crippen molar-refractivity contribution in [1.29, 1.82) is 0 Å². The van der Waals surface area contributed by atoms with Gasteiger partial charge >= 0.3 is 5.69 Å². The fraction of sp³-hybridized carbons (Fsp3) is 0.389. The highest BCUT2D eigenvalue weighted by atomic mass is 35.5. The Morgan fingerprint density at radius 3 is 2.52 bits per heavy atom. The molecule has 0 saturated heterocycles. The number of hydrogen-bond acceptors (Lipinski definition) is 5. The third-order valence-electron chi connectivity index (χ3n) is 4.23. The van der Waals surface area contributed by atoms with Crippen molar-refractivity contribution >= 4 is 34.5 Å². The number of thioether (sulfide) groups is 1. The molecule has 2 aromatic heterocycles. The number of imidazole rings is 1. The summed E-state index contributed by atoms with van der Waals surface area (Å²) < 4.78 is 9.76. The molecule has 0 atom stereocenters. The van der Waals surface area contributed by atoms with Crippen molar-refractivity contribution in [2.75, 3.05) is 19.0 Å². The molecular formula is C18H21ClN4O3S. The SMILES string of the molecule is CCOCCSc1nc2c(c(=O)n(C)c(=O)n2C)n1Cc1ccc(Cl)cc1. The van der Waals surface area contributed by atoms with Crippen LogP contribution < -0.4 is 11.2 Å². The van der Waals surface area contributed by atoms with Crippen LogP contribution in [0.4, 0.5) is 0 Å². The van der Waals surface area contributed by atoms with Crippen LogP contribution in [0.3, 0.4) is 0 Å². The first-order chi connectivity index (χ1) is 12.9. The Labute approximate surface area is 165 Å². The number of aromatic nitrogens is 4. The van der Waals surface area contributed by atoms with Gasteiger partial charge in [-0.3, -0.25) is 13.9 Å². The van der Waals surface area contributed by atoms with E-state index in [1.807, 2.05) is 35.8 Å². The Bertz CT molecular complexity index is 1070. The smallest absolute Gasteiger partial charge is 0.332 e. The van der Waals surface area contributed by atoms with Gasteiger partial charge in [0, 0.05) is 31.5 Å². The van der Waals surface area contributed by atoms with Gasteiger partial charge in [0.1, 0.15) is 0 Å². The summed E-state index contributed by atoms with van der Waals surface area (Å²) in [7, 11) is 3.10. The molecule has 144 valence electrons. The van der Waals surface area contributed by atoms with E-state index in [0.717, 1.165) is 10.1 Å². The summed E-state index contributed by atoms with van der Waals surface area (Å²) in [4.78, 5) is 29.6. The van der Waals surface area contributed by atoms with Gasteiger partial charge in [-0.15, -0.1) is 0 Å². The highest BCUT2D eigenvalue weighted by Crippen LogP contribution is 2.23. The molecule has 0 unspecified atom stereocenters. The lowest BCUT2D eigenvalue weighted by Gasteiger charge is -2.10. The second-order valence-electron chi connectivity index (χ2n) is 6.03. The van der Waals surface area contributed by atoms with Crippen molar-refractivity contribution in [3.05, 3.63) is 55.7 Å². The van der Waals surface area contributed by atoms with E-state index in [-0.39, 0.29) is 5.56 Å². The van der Waals surface area contributed by atoms with Gasteiger partial charge in [0.2, 0.25) is 0 Å². The lowest BCUT2D eigenvalue weighted by Crippen LogP contribution is -2.37. The third-order valence-corrected chi connectivity index (χ3v) is 5.42. The zero-order valence-electron chi connectivity index (χ0n) is 15.4. The topological polar surface area (TPSA) is 71.1 Å². The minimum atomic E-state index is -0.394. The fourth-order valence-corrected chi connectivity index (χ4v) is 3.76. The van der Waals surface area contributed by atoms with Gasteiger partial charge in [-0.25, -0.2) is 9.78 Å². The fourth-order valence-electron chi connectivity index (χ4n) is 2.79. The number of hydrogen-bond donors (Lipinski definition) is 0. The molecular weight excluding hydrogens is 388 g/mol. The van der Waals surface area contributed by atoms with Gasteiger partial charge in [-0.1, -0.05) is 35.5 Å². The zero-order chi connectivity index (χ0) is 19.6. The average molecular weight is 409 g/mol. The van der Waals surface area contributed by atoms with Crippen LogP contribution in [0, 0.1) is 0 Å². The van der Waals surface area contributed by atoms with E-state index in [0.29, 0.717) is 46.9 Å². The van der Waals surface area contributed by atoms with Crippen LogP contribution in [0.1, 0.15) is 12.5 Å². The zero-order valence-corrected chi connectivity index (χ0v) is 17.0. The van der Waals surface area contributed by atoms with Gasteiger partial charge < -0.3 is 9.30 Å². The highest BCUT2D eigenvalue weighted by Gasteiger charge is 2.19. The number of nitrogens with zero attached hydrogens (tertiary/aromatic N) is 4. The molecule has 0 spiro atoms. The van der Waals surface area contributed by atoms with Gasteiger partial charge in [-0.05, 0) is 24.6 Å². The maximum absolute atomic E-state index is 12.8. The first-order valence-corrected chi connectivity index (χ1v) is 9.91. The Morgan fingerprint density at radius 1 is 1.15 bits per heavy atom. The van der Waals surface area contributed by atoms with E-state index in [1.165, 1.54) is 23.4 Å². The number of benzene rings is 1. The molecule has 0 aliphatic heterocycles. The summed E-state index contributed by atoms with van der Waals surface area (Å²) in [6.45, 7) is 3.64. The predicted octanol–water partition coefficient (Wildman–Crippen LogP) is 2.26. The first kappa shape index (κ1) is 19.7. The number of rotatable bonds is 7. The van der Waals surface area contributed by atoms with Crippen LogP contribution >= 0.6 is 23.4 Å². The van der Waals surface area contributed by atoms with Crippen LogP contribution in [0.25, 0.3) is 11.2 Å². The largest absolute Gasteiger partial charge is 0.381 e. The summed E-state index contributed by atoms with van der Waals surface area (Å²) in [5.74, 6) is 0.700. The predicted molar refractivity (Wildman–Crippen MR) is 108 cm³/mol. The quantitative estimate of drug-likeness (QED) is 0.443. The molecule has 0 amide bonds. The van der Waals surface area contributed by atoms with Crippen molar-refractivity contribution < 1.29 is 4.74 Å². The Kier molecular flexibility index (Phi) is 6.08. The number of aryl methyl sites for hydroxylation is 1. The van der Waals surface area contributed by atoms with Gasteiger partial charge in [0.25, 0.3) is 5.56 Å². The summed E-state index contributed by atoms with van der Waals surface area (Å²) in [5.41, 5.74) is 1.03. The molecule has 0 bridgehead atoms. The van der Waals surface area contributed by atoms with E-state index in [9.17, 15) is 9.59 Å². The molecule has 3 rings (SSSR count). The van der Waals surface area contributed by atoms with E-state index >= 15 is 0 Å². The number of halogens is 1. The average Bonchev–Trinajstić information content (AvgIpc) is 3.02. The molecule has 2 heterocycles. The first-order valence-electron chi connectivity index (χ1n) is 8.55. The van der Waals surface area contributed by atoms with Gasteiger partial charge in [-0.2, -0.15) is 0 Å². The standard InChI is InChI=1S/C18H21ClN4O3S/c1-4-26-9-10-27-17-20-15-14(16(24)22(3)18(25)21(15)2)23(17)11-12-5-7-13(19)8-6-12/h5-8H,4,9-11H2,1-3H3. The van der Waals surface area contributed by atoms with Crippen molar-refractivity contribution in [1.82, 2.24) is 18.7 Å². The van der Waals surface area contributed by atoms with Crippen molar-refractivity contribution in [2.45, 2.75) is 18.6 Å². The lowest BCUT2D eigenvalue weighted by atomic mass is 10.2. The molecule has 0 saturated carbocycles. The van der Waals surface area contributed by atoms with E-state index in [4.69, 9.17) is 16.3 Å². The normalized spacial score (nSPS) is 11.4. The van der Waals surface area contributed by atoms with Crippen molar-refractivity contribution in [2.24, 2.45) is 14.1 Å². The monoisotopic (exact) mass is 408 g/mol. The van der Waals surface area contributed by atoms with E-state index < -0.39 is 5.69 Å². The molecule has 9 heteroatoms. The summed E-state index contributed by atoms with van der Waals surface area (Å²) in [5, 5.41) is 1.33. The minimum Gasteiger partial charge on any atom is -0.381 e. The molecule has 0 aliphatic carbocycles. The third kappa shape index (κ3) is 3.97. The van der Waals surface area contributed by atoms with Gasteiger partial charge in [0.15, 0.2) is 16.3 Å². The van der Waals surface area contributed by atoms with Crippen LogP contribution in [0.15, 0.2) is 39.0 Å². The second-order valence-corrected chi connectivity index (χ2v) is 7.53. The second kappa shape index (κ2) is 8.33. The van der Waals surface area contributed by atoms with Crippen LogP contribution in [-0.4, -0.2) is 37.7 Å². The summed E-state index contributed by atoms with van der Waals surface area (Å²) in [6, 6.07) is 7.45. The molecule has 0 fully saturated rings. The molecule has 0 aliphatic rings. The van der Waals surface area contributed by atoms with Crippen LogP contribution in [0.2, 0.25) is 5.02 Å². The maximum atomic E-state index is 12.8. The molecule has 0 radical (unpaired) electrons. The van der Waals surface area contributed by atoms with Gasteiger partial charge in [0.05, 0.1) is 13.2 Å². The molecule has 1 aromatic carbocycles. The Hall–Kier alpha value is -2.03. The maximum Gasteiger partial charge on any atom is 0.332 e. The molecule has 7 nitrogen and oxygen atoms in total.